The van der Waals surface area contributed by atoms with Crippen LogP contribution in [0.2, 0.25) is 0 Å². The molecule has 0 unspecified atom stereocenters. The average Bonchev–Trinajstić information content (AvgIpc) is 3.07. The quantitative estimate of drug-likeness (QED) is 0.714. The van der Waals surface area contributed by atoms with E-state index in [0.29, 0.717) is 0 Å². The Morgan fingerprint density at radius 2 is 1.50 bits per heavy atom. The maximum absolute atomic E-state index is 3.78. The maximum atomic E-state index is 3.78. The molecule has 0 radical (unpaired) electrons. The highest BCUT2D eigenvalue weighted by Crippen LogP contribution is 2.02. The van der Waals surface area contributed by atoms with Crippen LogP contribution in [-0.4, -0.2) is 39.6 Å². The van der Waals surface area contributed by atoms with E-state index in [1.165, 1.54) is 25.9 Å². The second-order valence-electron chi connectivity index (χ2n) is 4.26. The molecule has 1 saturated heterocycles. The van der Waals surface area contributed by atoms with Crippen LogP contribution in [0.3, 0.4) is 0 Å². The molecule has 0 spiro atoms. The van der Waals surface area contributed by atoms with Gasteiger partial charge in [0.2, 0.25) is 0 Å². The van der Waals surface area contributed by atoms with Crippen molar-refractivity contribution in [2.75, 3.05) is 20.1 Å². The van der Waals surface area contributed by atoms with Crippen LogP contribution in [0.15, 0.2) is 49.3 Å². The summed E-state index contributed by atoms with van der Waals surface area (Å²) < 4.78 is 1.89. The summed E-state index contributed by atoms with van der Waals surface area (Å²) in [5.74, 6) is 0. The van der Waals surface area contributed by atoms with Crippen molar-refractivity contribution in [3.63, 3.8) is 0 Å². The highest BCUT2D eigenvalue weighted by molar-refractivity contribution is 4.88. The van der Waals surface area contributed by atoms with E-state index in [0.717, 1.165) is 0 Å². The van der Waals surface area contributed by atoms with Gasteiger partial charge in [-0.3, -0.25) is 4.98 Å². The van der Waals surface area contributed by atoms with Crippen LogP contribution in [0.25, 0.3) is 0 Å². The van der Waals surface area contributed by atoms with E-state index in [4.69, 9.17) is 0 Å². The maximum Gasteiger partial charge on any atom is 0.0943 e. The van der Waals surface area contributed by atoms with Crippen LogP contribution < -0.4 is 0 Å². The van der Waals surface area contributed by atoms with E-state index in [2.05, 4.69) is 21.9 Å². The van der Waals surface area contributed by atoms with E-state index < -0.39 is 0 Å². The summed E-state index contributed by atoms with van der Waals surface area (Å²) in [6.07, 6.45) is 11.7. The first-order valence-corrected chi connectivity index (χ1v) is 6.24. The molecule has 1 aliphatic rings. The second-order valence-corrected chi connectivity index (χ2v) is 4.26. The zero-order valence-electron chi connectivity index (χ0n) is 11.2. The molecule has 0 N–H and O–H groups in total. The molecule has 2 aromatic heterocycles. The summed E-state index contributed by atoms with van der Waals surface area (Å²) >= 11 is 0. The van der Waals surface area contributed by atoms with Crippen molar-refractivity contribution in [3.05, 3.63) is 49.3 Å². The number of aromatic nitrogens is 3. The van der Waals surface area contributed by atoms with Crippen LogP contribution >= 0.6 is 0 Å². The van der Waals surface area contributed by atoms with Crippen molar-refractivity contribution < 1.29 is 0 Å². The number of likely N-dealkylation sites (tertiary alicyclic amines) is 1. The number of aryl methyl sites for hydroxylation is 1. The standard InChI is InChI=1S/C5H11N.C5H5N.C4H6N2/c1-6-4-2-3-5-6;1-2-4-6-5-3-1;1-6-3-2-5-4-6/h2-5H2,1H3;1-5H;2-4H,1H3. The average molecular weight is 246 g/mol. The van der Waals surface area contributed by atoms with Crippen molar-refractivity contribution in [2.24, 2.45) is 7.05 Å². The first kappa shape index (κ1) is 14.4. The minimum Gasteiger partial charge on any atom is -0.341 e. The third-order valence-corrected chi connectivity index (χ3v) is 2.53. The van der Waals surface area contributed by atoms with E-state index in [1.807, 2.05) is 36.0 Å². The summed E-state index contributed by atoms with van der Waals surface area (Å²) in [4.78, 5) is 9.93. The van der Waals surface area contributed by atoms with E-state index in [9.17, 15) is 0 Å². The molecule has 0 atom stereocenters. The van der Waals surface area contributed by atoms with Gasteiger partial charge in [0.05, 0.1) is 6.33 Å². The third kappa shape index (κ3) is 7.57. The fourth-order valence-electron chi connectivity index (χ4n) is 1.51. The van der Waals surface area contributed by atoms with Gasteiger partial charge in [0.25, 0.3) is 0 Å². The largest absolute Gasteiger partial charge is 0.341 e. The molecule has 4 nitrogen and oxygen atoms in total. The number of rotatable bonds is 0. The lowest BCUT2D eigenvalue weighted by Gasteiger charge is -2.01. The fraction of sp³-hybridized carbons (Fsp3) is 0.429. The lowest BCUT2D eigenvalue weighted by molar-refractivity contribution is 0.418. The van der Waals surface area contributed by atoms with E-state index in [-0.39, 0.29) is 0 Å². The van der Waals surface area contributed by atoms with Crippen molar-refractivity contribution in [2.45, 2.75) is 12.8 Å². The van der Waals surface area contributed by atoms with E-state index in [1.54, 1.807) is 24.9 Å². The van der Waals surface area contributed by atoms with Gasteiger partial charge in [0.1, 0.15) is 0 Å². The van der Waals surface area contributed by atoms with Crippen LogP contribution in [0.4, 0.5) is 0 Å². The minimum absolute atomic E-state index is 1.32. The molecule has 3 heterocycles. The molecule has 1 fully saturated rings. The summed E-state index contributed by atoms with van der Waals surface area (Å²) in [5.41, 5.74) is 0. The third-order valence-electron chi connectivity index (χ3n) is 2.53. The highest BCUT2D eigenvalue weighted by atomic mass is 15.1. The van der Waals surface area contributed by atoms with Gasteiger partial charge < -0.3 is 9.47 Å². The molecule has 0 amide bonds. The number of nitrogens with zero attached hydrogens (tertiary/aromatic N) is 4. The topological polar surface area (TPSA) is 34.0 Å². The van der Waals surface area contributed by atoms with Crippen LogP contribution in [0, 0.1) is 0 Å². The van der Waals surface area contributed by atoms with Gasteiger partial charge in [-0.25, -0.2) is 4.98 Å². The summed E-state index contributed by atoms with van der Waals surface area (Å²) in [6.45, 7) is 2.64. The molecule has 18 heavy (non-hydrogen) atoms. The van der Waals surface area contributed by atoms with Crippen LogP contribution in [-0.2, 0) is 7.05 Å². The van der Waals surface area contributed by atoms with Gasteiger partial charge in [0.15, 0.2) is 0 Å². The lowest BCUT2D eigenvalue weighted by atomic mass is 10.4. The molecule has 98 valence electrons. The van der Waals surface area contributed by atoms with Crippen LogP contribution in [0.1, 0.15) is 12.8 Å². The van der Waals surface area contributed by atoms with Gasteiger partial charge >= 0.3 is 0 Å². The highest BCUT2D eigenvalue weighted by Gasteiger charge is 2.03. The molecule has 4 heteroatoms. The van der Waals surface area contributed by atoms with Crippen molar-refractivity contribution in [3.8, 4) is 0 Å². The summed E-state index contributed by atoms with van der Waals surface area (Å²) in [6, 6.07) is 5.72. The van der Waals surface area contributed by atoms with Gasteiger partial charge in [0, 0.05) is 31.8 Å². The molecular formula is C14H22N4. The normalized spacial score (nSPS) is 14.1. The Bertz CT molecular complexity index is 339. The molecule has 0 aromatic carbocycles. The Morgan fingerprint density at radius 3 is 1.67 bits per heavy atom. The Labute approximate surface area is 109 Å². The number of pyridine rings is 1. The van der Waals surface area contributed by atoms with Crippen molar-refractivity contribution in [1.29, 1.82) is 0 Å². The van der Waals surface area contributed by atoms with Crippen LogP contribution in [0.5, 0.6) is 0 Å². The monoisotopic (exact) mass is 246 g/mol. The summed E-state index contributed by atoms with van der Waals surface area (Å²) in [7, 11) is 4.11. The fourth-order valence-corrected chi connectivity index (χ4v) is 1.51. The molecule has 0 bridgehead atoms. The first-order chi connectivity index (χ1) is 8.79. The smallest absolute Gasteiger partial charge is 0.0943 e. The van der Waals surface area contributed by atoms with Gasteiger partial charge in [-0.1, -0.05) is 6.07 Å². The van der Waals surface area contributed by atoms with Gasteiger partial charge in [-0.05, 0) is 45.1 Å². The molecule has 0 aliphatic carbocycles. The number of hydrogen-bond donors (Lipinski definition) is 0. The van der Waals surface area contributed by atoms with Crippen molar-refractivity contribution >= 4 is 0 Å². The molecule has 1 aliphatic heterocycles. The Kier molecular flexibility index (Phi) is 7.48. The zero-order valence-corrected chi connectivity index (χ0v) is 11.2. The second kappa shape index (κ2) is 9.36. The van der Waals surface area contributed by atoms with Gasteiger partial charge in [-0.15, -0.1) is 0 Å². The van der Waals surface area contributed by atoms with E-state index >= 15 is 0 Å². The number of hydrogen-bond acceptors (Lipinski definition) is 3. The number of imidazole rings is 1. The molecule has 2 aromatic rings. The minimum atomic E-state index is 1.32. The Hall–Kier alpha value is -1.68. The molecule has 3 rings (SSSR count). The SMILES string of the molecule is CN1CCCC1.Cn1ccnc1.c1ccncc1. The molecule has 0 saturated carbocycles. The zero-order chi connectivity index (χ0) is 13.1. The Balaban J connectivity index is 0.000000135. The predicted molar refractivity (Wildman–Crippen MR) is 74.2 cm³/mol. The molecular weight excluding hydrogens is 224 g/mol. The van der Waals surface area contributed by atoms with Crippen molar-refractivity contribution in [1.82, 2.24) is 19.4 Å². The Morgan fingerprint density at radius 1 is 0.833 bits per heavy atom. The summed E-state index contributed by atoms with van der Waals surface area (Å²) in [5, 5.41) is 0. The van der Waals surface area contributed by atoms with Gasteiger partial charge in [-0.2, -0.15) is 0 Å². The first-order valence-electron chi connectivity index (χ1n) is 6.24. The lowest BCUT2D eigenvalue weighted by Crippen LogP contribution is -2.10. The predicted octanol–water partition coefficient (Wildman–Crippen LogP) is 2.21.